The van der Waals surface area contributed by atoms with Gasteiger partial charge in [0.15, 0.2) is 0 Å². The number of sulfonamides is 1. The van der Waals surface area contributed by atoms with Crippen LogP contribution in [0.2, 0.25) is 0 Å². The van der Waals surface area contributed by atoms with Crippen LogP contribution >= 0.6 is 15.9 Å². The molecule has 1 aromatic rings. The Labute approximate surface area is 90.5 Å². The zero-order chi connectivity index (χ0) is 10.9. The first-order chi connectivity index (χ1) is 6.29. The topological polar surface area (TPSA) is 46.2 Å². The Morgan fingerprint density at radius 1 is 1.43 bits per heavy atom. The number of benzene rings is 1. The van der Waals surface area contributed by atoms with E-state index >= 15 is 0 Å². The van der Waals surface area contributed by atoms with Gasteiger partial charge in [0.2, 0.25) is 10.0 Å². The van der Waals surface area contributed by atoms with Crippen LogP contribution in [-0.4, -0.2) is 14.7 Å². The van der Waals surface area contributed by atoms with Gasteiger partial charge in [-0.2, -0.15) is 0 Å². The fraction of sp³-hybridized carbons (Fsp3) is 0.250. The van der Waals surface area contributed by atoms with Crippen LogP contribution in [0.15, 0.2) is 16.6 Å². The molecule has 1 aromatic carbocycles. The van der Waals surface area contributed by atoms with Crippen molar-refractivity contribution in [2.45, 2.75) is 6.92 Å². The van der Waals surface area contributed by atoms with E-state index in [-0.39, 0.29) is 4.47 Å². The normalized spacial score (nSPS) is 11.4. The first-order valence-corrected chi connectivity index (χ1v) is 6.41. The van der Waals surface area contributed by atoms with Crippen molar-refractivity contribution >= 4 is 31.6 Å². The predicted molar refractivity (Wildman–Crippen MR) is 57.3 cm³/mol. The van der Waals surface area contributed by atoms with Gasteiger partial charge in [0, 0.05) is 0 Å². The lowest BCUT2D eigenvalue weighted by Gasteiger charge is -2.08. The highest BCUT2D eigenvalue weighted by Crippen LogP contribution is 2.24. The first kappa shape index (κ1) is 11.5. The molecule has 0 saturated heterocycles. The highest BCUT2D eigenvalue weighted by Gasteiger charge is 2.08. The van der Waals surface area contributed by atoms with Crippen LogP contribution in [0.5, 0.6) is 0 Å². The molecule has 0 atom stereocenters. The molecule has 14 heavy (non-hydrogen) atoms. The standard InChI is InChI=1S/C8H9BrFNO2S/c1-5-3-7(10)6(9)4-8(5)11-14(2,12)13/h3-4,11H,1-2H3. The van der Waals surface area contributed by atoms with E-state index in [1.54, 1.807) is 6.92 Å². The molecule has 0 saturated carbocycles. The lowest BCUT2D eigenvalue weighted by molar-refractivity contribution is 0.606. The molecule has 1 N–H and O–H groups in total. The van der Waals surface area contributed by atoms with Crippen molar-refractivity contribution in [3.63, 3.8) is 0 Å². The molecular weight excluding hydrogens is 273 g/mol. The van der Waals surface area contributed by atoms with Gasteiger partial charge in [-0.25, -0.2) is 12.8 Å². The smallest absolute Gasteiger partial charge is 0.229 e. The van der Waals surface area contributed by atoms with Gasteiger partial charge in [-0.3, -0.25) is 4.72 Å². The third-order valence-electron chi connectivity index (χ3n) is 1.56. The summed E-state index contributed by atoms with van der Waals surface area (Å²) in [7, 11) is -3.32. The maximum atomic E-state index is 13.0. The number of nitrogens with one attached hydrogen (secondary N) is 1. The van der Waals surface area contributed by atoms with E-state index in [4.69, 9.17) is 0 Å². The van der Waals surface area contributed by atoms with Gasteiger partial charge in [-0.05, 0) is 40.5 Å². The number of aryl methyl sites for hydroxylation is 1. The minimum Gasteiger partial charge on any atom is -0.283 e. The van der Waals surface area contributed by atoms with Crippen molar-refractivity contribution in [1.29, 1.82) is 0 Å². The summed E-state index contributed by atoms with van der Waals surface area (Å²) in [6.07, 6.45) is 1.05. The minimum atomic E-state index is -3.32. The molecule has 0 aliphatic carbocycles. The second-order valence-electron chi connectivity index (χ2n) is 2.96. The molecule has 0 spiro atoms. The third kappa shape index (κ3) is 2.95. The molecule has 1 rings (SSSR count). The molecular formula is C8H9BrFNO2S. The van der Waals surface area contributed by atoms with Gasteiger partial charge in [-0.1, -0.05) is 0 Å². The van der Waals surface area contributed by atoms with Crippen LogP contribution in [0.4, 0.5) is 10.1 Å². The molecule has 0 aliphatic heterocycles. The Morgan fingerprint density at radius 3 is 2.50 bits per heavy atom. The molecule has 78 valence electrons. The second-order valence-corrected chi connectivity index (χ2v) is 5.56. The van der Waals surface area contributed by atoms with Crippen LogP contribution in [0.25, 0.3) is 0 Å². The third-order valence-corrected chi connectivity index (χ3v) is 2.76. The summed E-state index contributed by atoms with van der Waals surface area (Å²) >= 11 is 2.98. The number of hydrogen-bond donors (Lipinski definition) is 1. The molecule has 0 unspecified atom stereocenters. The van der Waals surface area contributed by atoms with Crippen molar-refractivity contribution in [3.8, 4) is 0 Å². The monoisotopic (exact) mass is 281 g/mol. The quantitative estimate of drug-likeness (QED) is 0.904. The maximum Gasteiger partial charge on any atom is 0.229 e. The van der Waals surface area contributed by atoms with Crippen molar-refractivity contribution < 1.29 is 12.8 Å². The Bertz CT molecular complexity index is 459. The fourth-order valence-corrected chi connectivity index (χ4v) is 1.92. The summed E-state index contributed by atoms with van der Waals surface area (Å²) in [5, 5.41) is 0. The second kappa shape index (κ2) is 3.86. The Hall–Kier alpha value is -0.620. The van der Waals surface area contributed by atoms with E-state index in [2.05, 4.69) is 20.7 Å². The zero-order valence-corrected chi connectivity index (χ0v) is 10.0. The largest absolute Gasteiger partial charge is 0.283 e. The lowest BCUT2D eigenvalue weighted by Crippen LogP contribution is -2.10. The summed E-state index contributed by atoms with van der Waals surface area (Å²) in [5.74, 6) is -0.415. The van der Waals surface area contributed by atoms with Crippen molar-refractivity contribution in [1.82, 2.24) is 0 Å². The molecule has 6 heteroatoms. The minimum absolute atomic E-state index is 0.231. The summed E-state index contributed by atoms with van der Waals surface area (Å²) in [5.41, 5.74) is 0.914. The van der Waals surface area contributed by atoms with E-state index in [1.807, 2.05) is 0 Å². The lowest BCUT2D eigenvalue weighted by atomic mass is 10.2. The molecule has 3 nitrogen and oxygen atoms in total. The predicted octanol–water partition coefficient (Wildman–Crippen LogP) is 2.27. The van der Waals surface area contributed by atoms with E-state index < -0.39 is 15.8 Å². The molecule has 0 aliphatic rings. The Kier molecular flexibility index (Phi) is 3.16. The van der Waals surface area contributed by atoms with Crippen LogP contribution in [0.3, 0.4) is 0 Å². The summed E-state index contributed by atoms with van der Waals surface area (Å²) in [4.78, 5) is 0. The van der Waals surface area contributed by atoms with Crippen molar-refractivity contribution in [3.05, 3.63) is 28.0 Å². The van der Waals surface area contributed by atoms with Gasteiger partial charge in [0.1, 0.15) is 5.82 Å². The fourth-order valence-electron chi connectivity index (χ4n) is 0.956. The van der Waals surface area contributed by atoms with Crippen molar-refractivity contribution in [2.24, 2.45) is 0 Å². The van der Waals surface area contributed by atoms with Gasteiger partial charge in [-0.15, -0.1) is 0 Å². The average molecular weight is 282 g/mol. The van der Waals surface area contributed by atoms with Gasteiger partial charge in [0.25, 0.3) is 0 Å². The van der Waals surface area contributed by atoms with E-state index in [1.165, 1.54) is 12.1 Å². The highest BCUT2D eigenvalue weighted by atomic mass is 79.9. The molecule has 0 amide bonds. The average Bonchev–Trinajstić information content (AvgIpc) is 1.97. The van der Waals surface area contributed by atoms with Crippen LogP contribution in [-0.2, 0) is 10.0 Å². The van der Waals surface area contributed by atoms with Gasteiger partial charge < -0.3 is 0 Å². The molecule has 0 heterocycles. The highest BCUT2D eigenvalue weighted by molar-refractivity contribution is 9.10. The Morgan fingerprint density at radius 2 is 2.00 bits per heavy atom. The van der Waals surface area contributed by atoms with E-state index in [0.29, 0.717) is 11.3 Å². The van der Waals surface area contributed by atoms with Gasteiger partial charge in [0.05, 0.1) is 16.4 Å². The summed E-state index contributed by atoms with van der Waals surface area (Å²) < 4.78 is 37.3. The first-order valence-electron chi connectivity index (χ1n) is 3.73. The van der Waals surface area contributed by atoms with Gasteiger partial charge >= 0.3 is 0 Å². The van der Waals surface area contributed by atoms with Crippen LogP contribution < -0.4 is 4.72 Å². The molecule has 0 bridgehead atoms. The molecule has 0 radical (unpaired) electrons. The summed E-state index contributed by atoms with van der Waals surface area (Å²) in [6, 6.07) is 2.66. The number of rotatable bonds is 2. The van der Waals surface area contributed by atoms with Crippen LogP contribution in [0.1, 0.15) is 5.56 Å². The molecule has 0 aromatic heterocycles. The molecule has 0 fully saturated rings. The SMILES string of the molecule is Cc1cc(F)c(Br)cc1NS(C)(=O)=O. The summed E-state index contributed by atoms with van der Waals surface area (Å²) in [6.45, 7) is 1.63. The van der Waals surface area contributed by atoms with Crippen molar-refractivity contribution in [2.75, 3.05) is 11.0 Å². The van der Waals surface area contributed by atoms with E-state index in [0.717, 1.165) is 6.26 Å². The van der Waals surface area contributed by atoms with E-state index in [9.17, 15) is 12.8 Å². The zero-order valence-electron chi connectivity index (χ0n) is 7.64. The maximum absolute atomic E-state index is 13.0. The number of hydrogen-bond acceptors (Lipinski definition) is 2. The van der Waals surface area contributed by atoms with Crippen LogP contribution in [0, 0.1) is 12.7 Å². The number of anilines is 1. The Balaban J connectivity index is 3.17. The number of halogens is 2.